The molecular formula is C15H11F4NO2. The molecule has 2 rings (SSSR count). The molecule has 2 aromatic rings. The van der Waals surface area contributed by atoms with Crippen molar-refractivity contribution in [3.63, 3.8) is 0 Å². The zero-order chi connectivity index (χ0) is 16.3. The monoisotopic (exact) mass is 313 g/mol. The van der Waals surface area contributed by atoms with Crippen LogP contribution in [-0.2, 0) is 4.79 Å². The summed E-state index contributed by atoms with van der Waals surface area (Å²) in [6.45, 7) is 1.30. The van der Waals surface area contributed by atoms with Gasteiger partial charge < -0.3 is 10.1 Å². The van der Waals surface area contributed by atoms with E-state index in [1.165, 1.54) is 6.92 Å². The van der Waals surface area contributed by atoms with Crippen LogP contribution < -0.4 is 10.1 Å². The predicted octanol–water partition coefficient (Wildman–Crippen LogP) is 3.65. The average Bonchev–Trinajstić information content (AvgIpc) is 2.46. The Labute approximate surface area is 123 Å². The first-order valence-corrected chi connectivity index (χ1v) is 6.25. The van der Waals surface area contributed by atoms with Crippen LogP contribution in [0.1, 0.15) is 6.92 Å². The summed E-state index contributed by atoms with van der Waals surface area (Å²) in [4.78, 5) is 11.8. The van der Waals surface area contributed by atoms with Crippen molar-refractivity contribution in [3.05, 3.63) is 59.7 Å². The summed E-state index contributed by atoms with van der Waals surface area (Å²) in [6, 6.07) is 5.86. The minimum Gasteiger partial charge on any atom is -0.481 e. The second-order valence-electron chi connectivity index (χ2n) is 4.42. The van der Waals surface area contributed by atoms with Gasteiger partial charge in [-0.1, -0.05) is 6.07 Å². The van der Waals surface area contributed by atoms with Gasteiger partial charge in [-0.25, -0.2) is 17.6 Å². The van der Waals surface area contributed by atoms with Gasteiger partial charge in [0.15, 0.2) is 17.7 Å². The third-order valence-electron chi connectivity index (χ3n) is 2.78. The van der Waals surface area contributed by atoms with Crippen molar-refractivity contribution in [1.29, 1.82) is 0 Å². The zero-order valence-electron chi connectivity index (χ0n) is 11.4. The van der Waals surface area contributed by atoms with Crippen LogP contribution in [0.4, 0.5) is 23.2 Å². The van der Waals surface area contributed by atoms with Crippen LogP contribution in [0.3, 0.4) is 0 Å². The van der Waals surface area contributed by atoms with Gasteiger partial charge in [0.1, 0.15) is 23.1 Å². The SMILES string of the molecule is CC(Oc1ccc(F)c(F)c1)C(=O)Nc1c(F)cccc1F. The summed E-state index contributed by atoms with van der Waals surface area (Å²) in [5.74, 6) is -4.99. The normalized spacial score (nSPS) is 11.9. The van der Waals surface area contributed by atoms with Gasteiger partial charge in [-0.2, -0.15) is 0 Å². The van der Waals surface area contributed by atoms with Crippen LogP contribution in [0.2, 0.25) is 0 Å². The van der Waals surface area contributed by atoms with Crippen molar-refractivity contribution in [1.82, 2.24) is 0 Å². The fraction of sp³-hybridized carbons (Fsp3) is 0.133. The van der Waals surface area contributed by atoms with Crippen LogP contribution in [-0.4, -0.2) is 12.0 Å². The number of ether oxygens (including phenoxy) is 1. The molecule has 0 aliphatic rings. The van der Waals surface area contributed by atoms with E-state index in [1.54, 1.807) is 0 Å². The molecule has 116 valence electrons. The van der Waals surface area contributed by atoms with Gasteiger partial charge in [0.05, 0.1) is 0 Å². The summed E-state index contributed by atoms with van der Waals surface area (Å²) < 4.78 is 57.7. The summed E-state index contributed by atoms with van der Waals surface area (Å²) >= 11 is 0. The highest BCUT2D eigenvalue weighted by atomic mass is 19.2. The summed E-state index contributed by atoms with van der Waals surface area (Å²) in [5, 5.41) is 2.04. The Hall–Kier alpha value is -2.57. The Morgan fingerprint density at radius 2 is 1.64 bits per heavy atom. The molecule has 2 aromatic carbocycles. The molecule has 0 radical (unpaired) electrons. The number of anilines is 1. The van der Waals surface area contributed by atoms with E-state index in [2.05, 4.69) is 0 Å². The number of halogens is 4. The minimum absolute atomic E-state index is 0.0874. The molecule has 0 aromatic heterocycles. The molecule has 1 N–H and O–H groups in total. The van der Waals surface area contributed by atoms with E-state index in [0.717, 1.165) is 36.4 Å². The van der Waals surface area contributed by atoms with Gasteiger partial charge in [-0.3, -0.25) is 4.79 Å². The van der Waals surface area contributed by atoms with E-state index in [9.17, 15) is 22.4 Å². The fourth-order valence-electron chi connectivity index (χ4n) is 1.65. The number of hydrogen-bond donors (Lipinski definition) is 1. The number of hydrogen-bond acceptors (Lipinski definition) is 2. The highest BCUT2D eigenvalue weighted by molar-refractivity contribution is 5.94. The van der Waals surface area contributed by atoms with E-state index in [0.29, 0.717) is 0 Å². The molecule has 0 saturated heterocycles. The molecule has 0 saturated carbocycles. The lowest BCUT2D eigenvalue weighted by Gasteiger charge is -2.15. The Balaban J connectivity index is 2.07. The minimum atomic E-state index is -1.18. The average molecular weight is 313 g/mol. The molecule has 1 amide bonds. The van der Waals surface area contributed by atoms with Crippen LogP contribution in [0.15, 0.2) is 36.4 Å². The molecule has 0 heterocycles. The van der Waals surface area contributed by atoms with E-state index >= 15 is 0 Å². The number of benzene rings is 2. The van der Waals surface area contributed by atoms with Crippen molar-refractivity contribution in [3.8, 4) is 5.75 Å². The predicted molar refractivity (Wildman–Crippen MR) is 71.4 cm³/mol. The number of para-hydroxylation sites is 1. The van der Waals surface area contributed by atoms with E-state index in [1.807, 2.05) is 5.32 Å². The first-order chi connectivity index (χ1) is 10.4. The van der Waals surface area contributed by atoms with E-state index in [-0.39, 0.29) is 5.75 Å². The fourth-order valence-corrected chi connectivity index (χ4v) is 1.65. The lowest BCUT2D eigenvalue weighted by molar-refractivity contribution is -0.122. The summed E-state index contributed by atoms with van der Waals surface area (Å²) in [6.07, 6.45) is -1.18. The second kappa shape index (κ2) is 6.46. The molecule has 22 heavy (non-hydrogen) atoms. The molecule has 0 aliphatic heterocycles. The van der Waals surface area contributed by atoms with Crippen molar-refractivity contribution < 1.29 is 27.1 Å². The number of amides is 1. The highest BCUT2D eigenvalue weighted by Gasteiger charge is 2.19. The molecule has 7 heteroatoms. The Morgan fingerprint density at radius 3 is 2.23 bits per heavy atom. The topological polar surface area (TPSA) is 38.3 Å². The number of carbonyl (C=O) groups excluding carboxylic acids is 1. The molecule has 0 fully saturated rings. The van der Waals surface area contributed by atoms with E-state index < -0.39 is 41.0 Å². The lowest BCUT2D eigenvalue weighted by Crippen LogP contribution is -2.30. The first-order valence-electron chi connectivity index (χ1n) is 6.25. The smallest absolute Gasteiger partial charge is 0.265 e. The second-order valence-corrected chi connectivity index (χ2v) is 4.42. The third kappa shape index (κ3) is 3.55. The molecule has 0 spiro atoms. The molecule has 3 nitrogen and oxygen atoms in total. The zero-order valence-corrected chi connectivity index (χ0v) is 11.4. The van der Waals surface area contributed by atoms with Crippen LogP contribution in [0.5, 0.6) is 5.75 Å². The Morgan fingerprint density at radius 1 is 1.00 bits per heavy atom. The van der Waals surface area contributed by atoms with Crippen molar-refractivity contribution in [2.45, 2.75) is 13.0 Å². The van der Waals surface area contributed by atoms with Crippen molar-refractivity contribution in [2.75, 3.05) is 5.32 Å². The van der Waals surface area contributed by atoms with Crippen LogP contribution in [0.25, 0.3) is 0 Å². The first kappa shape index (κ1) is 15.8. The Bertz CT molecular complexity index is 686. The molecule has 0 bridgehead atoms. The molecular weight excluding hydrogens is 302 g/mol. The van der Waals surface area contributed by atoms with Crippen molar-refractivity contribution in [2.24, 2.45) is 0 Å². The largest absolute Gasteiger partial charge is 0.481 e. The Kier molecular flexibility index (Phi) is 4.65. The lowest BCUT2D eigenvalue weighted by atomic mass is 10.2. The van der Waals surface area contributed by atoms with Gasteiger partial charge in [0, 0.05) is 6.07 Å². The summed E-state index contributed by atoms with van der Waals surface area (Å²) in [5.41, 5.74) is -0.603. The molecule has 1 unspecified atom stereocenters. The van der Waals surface area contributed by atoms with Gasteiger partial charge in [0.25, 0.3) is 5.91 Å². The van der Waals surface area contributed by atoms with Crippen LogP contribution in [0, 0.1) is 23.3 Å². The van der Waals surface area contributed by atoms with Crippen LogP contribution >= 0.6 is 0 Å². The maximum Gasteiger partial charge on any atom is 0.265 e. The highest BCUT2D eigenvalue weighted by Crippen LogP contribution is 2.20. The summed E-state index contributed by atoms with van der Waals surface area (Å²) in [7, 11) is 0. The van der Waals surface area contributed by atoms with Gasteiger partial charge in [-0.05, 0) is 31.2 Å². The standard InChI is InChI=1S/C15H11F4NO2/c1-8(22-9-5-6-10(16)13(19)7-9)15(21)20-14-11(17)3-2-4-12(14)18/h2-8H,1H3,(H,20,21). The maximum atomic E-state index is 13.4. The van der Waals surface area contributed by atoms with Gasteiger partial charge in [-0.15, -0.1) is 0 Å². The molecule has 1 atom stereocenters. The van der Waals surface area contributed by atoms with E-state index in [4.69, 9.17) is 4.74 Å². The van der Waals surface area contributed by atoms with Gasteiger partial charge in [0.2, 0.25) is 0 Å². The number of rotatable bonds is 4. The maximum absolute atomic E-state index is 13.4. The molecule has 0 aliphatic carbocycles. The quantitative estimate of drug-likeness (QED) is 0.875. The third-order valence-corrected chi connectivity index (χ3v) is 2.78. The number of carbonyl (C=O) groups is 1. The van der Waals surface area contributed by atoms with Crippen molar-refractivity contribution >= 4 is 11.6 Å². The van der Waals surface area contributed by atoms with Gasteiger partial charge >= 0.3 is 0 Å². The number of nitrogens with one attached hydrogen (secondary N) is 1.